The maximum atomic E-state index is 6.31. The smallest absolute Gasteiger partial charge is 0.120 e. The van der Waals surface area contributed by atoms with E-state index in [1.807, 2.05) is 12.2 Å². The second-order valence-electron chi connectivity index (χ2n) is 4.64. The van der Waals surface area contributed by atoms with Gasteiger partial charge in [0.1, 0.15) is 5.76 Å². The van der Waals surface area contributed by atoms with Crippen molar-refractivity contribution in [2.24, 2.45) is 11.5 Å². The number of allylic oxidation sites excluding steroid dienone is 1. The van der Waals surface area contributed by atoms with E-state index in [1.165, 1.54) is 25.7 Å². The molecule has 1 aliphatic rings. The van der Waals surface area contributed by atoms with Crippen molar-refractivity contribution in [1.82, 2.24) is 0 Å². The predicted octanol–water partition coefficient (Wildman–Crippen LogP) is 2.43. The van der Waals surface area contributed by atoms with E-state index in [0.29, 0.717) is 5.70 Å². The number of hydrogen-bond acceptors (Lipinski definition) is 3. The van der Waals surface area contributed by atoms with Gasteiger partial charge in [0.2, 0.25) is 0 Å². The zero-order chi connectivity index (χ0) is 12.0. The molecule has 0 amide bonds. The molecule has 1 unspecified atom stereocenters. The summed E-state index contributed by atoms with van der Waals surface area (Å²) in [6, 6.07) is 0. The molecule has 0 aromatic rings. The number of methoxy groups -OCH3 is 1. The molecule has 0 radical (unpaired) electrons. The van der Waals surface area contributed by atoms with Gasteiger partial charge in [-0.2, -0.15) is 0 Å². The molecule has 4 N–H and O–H groups in total. The lowest BCUT2D eigenvalue weighted by molar-refractivity contribution is 0.247. The Bertz CT molecular complexity index is 284. The Balaban J connectivity index is 2.45. The van der Waals surface area contributed by atoms with Crippen molar-refractivity contribution >= 4 is 0 Å². The van der Waals surface area contributed by atoms with Crippen LogP contribution in [0.3, 0.4) is 0 Å². The molecular weight excluding hydrogens is 200 g/mol. The Morgan fingerprint density at radius 3 is 2.75 bits per heavy atom. The molecule has 92 valence electrons. The first kappa shape index (κ1) is 13.1. The summed E-state index contributed by atoms with van der Waals surface area (Å²) in [5.74, 6) is 0.820. The van der Waals surface area contributed by atoms with Crippen molar-refractivity contribution in [3.05, 3.63) is 23.6 Å². The van der Waals surface area contributed by atoms with E-state index in [2.05, 4.69) is 6.92 Å². The van der Waals surface area contributed by atoms with Gasteiger partial charge in [0, 0.05) is 12.0 Å². The van der Waals surface area contributed by atoms with Crippen LogP contribution in [0.25, 0.3) is 0 Å². The number of ether oxygens (including phenoxy) is 1. The molecule has 1 rings (SSSR count). The number of nitrogens with two attached hydrogens (primary N) is 2. The maximum Gasteiger partial charge on any atom is 0.120 e. The Labute approximate surface area is 98.5 Å². The van der Waals surface area contributed by atoms with E-state index in [1.54, 1.807) is 7.11 Å². The maximum absolute atomic E-state index is 6.31. The summed E-state index contributed by atoms with van der Waals surface area (Å²) in [6.45, 7) is 2.21. The van der Waals surface area contributed by atoms with Crippen molar-refractivity contribution in [3.63, 3.8) is 0 Å². The Morgan fingerprint density at radius 1 is 1.38 bits per heavy atom. The van der Waals surface area contributed by atoms with Crippen LogP contribution in [0.15, 0.2) is 23.6 Å². The van der Waals surface area contributed by atoms with Crippen LogP contribution in [0.1, 0.15) is 45.4 Å². The van der Waals surface area contributed by atoms with E-state index >= 15 is 0 Å². The molecular formula is C13H24N2O. The van der Waals surface area contributed by atoms with Crippen LogP contribution in [0.2, 0.25) is 0 Å². The van der Waals surface area contributed by atoms with Gasteiger partial charge >= 0.3 is 0 Å². The minimum atomic E-state index is -0.262. The standard InChI is InChI=1S/C13H24N2O/c1-3-4-5-6-8-13(15)9-7-11(14)12(10-13)16-2/h7,9H,3-6,8,10,14-15H2,1-2H3. The molecule has 1 atom stereocenters. The zero-order valence-electron chi connectivity index (χ0n) is 10.5. The summed E-state index contributed by atoms with van der Waals surface area (Å²) >= 11 is 0. The lowest BCUT2D eigenvalue weighted by Crippen LogP contribution is -2.40. The van der Waals surface area contributed by atoms with E-state index in [9.17, 15) is 0 Å². The van der Waals surface area contributed by atoms with Crippen LogP contribution in [-0.2, 0) is 4.74 Å². The second kappa shape index (κ2) is 5.94. The number of unbranched alkanes of at least 4 members (excludes halogenated alkanes) is 3. The van der Waals surface area contributed by atoms with Gasteiger partial charge < -0.3 is 16.2 Å². The summed E-state index contributed by atoms with van der Waals surface area (Å²) in [7, 11) is 1.65. The monoisotopic (exact) mass is 224 g/mol. The van der Waals surface area contributed by atoms with Gasteiger partial charge in [0.15, 0.2) is 0 Å². The molecule has 16 heavy (non-hydrogen) atoms. The number of hydrogen-bond donors (Lipinski definition) is 2. The fraction of sp³-hybridized carbons (Fsp3) is 0.692. The molecule has 0 fully saturated rings. The molecule has 0 bridgehead atoms. The van der Waals surface area contributed by atoms with E-state index in [4.69, 9.17) is 16.2 Å². The zero-order valence-corrected chi connectivity index (χ0v) is 10.5. The van der Waals surface area contributed by atoms with Crippen molar-refractivity contribution in [2.75, 3.05) is 7.11 Å². The average molecular weight is 224 g/mol. The molecule has 3 heteroatoms. The van der Waals surface area contributed by atoms with Crippen LogP contribution in [0.5, 0.6) is 0 Å². The highest BCUT2D eigenvalue weighted by Crippen LogP contribution is 2.28. The van der Waals surface area contributed by atoms with Crippen molar-refractivity contribution < 1.29 is 4.74 Å². The van der Waals surface area contributed by atoms with E-state index in [0.717, 1.165) is 18.6 Å². The third-order valence-electron chi connectivity index (χ3n) is 3.15. The topological polar surface area (TPSA) is 61.3 Å². The molecule has 1 aliphatic carbocycles. The Kier molecular flexibility index (Phi) is 4.87. The molecule has 0 heterocycles. The molecule has 0 aromatic heterocycles. The van der Waals surface area contributed by atoms with Crippen LogP contribution in [0.4, 0.5) is 0 Å². The molecule has 0 aliphatic heterocycles. The summed E-state index contributed by atoms with van der Waals surface area (Å²) in [5, 5.41) is 0. The molecule has 3 nitrogen and oxygen atoms in total. The summed E-state index contributed by atoms with van der Waals surface area (Å²) in [4.78, 5) is 0. The first-order valence-electron chi connectivity index (χ1n) is 6.12. The minimum Gasteiger partial charge on any atom is -0.499 e. The lowest BCUT2D eigenvalue weighted by Gasteiger charge is -2.30. The predicted molar refractivity (Wildman–Crippen MR) is 67.7 cm³/mol. The van der Waals surface area contributed by atoms with Crippen LogP contribution >= 0.6 is 0 Å². The van der Waals surface area contributed by atoms with Gasteiger partial charge in [-0.05, 0) is 12.5 Å². The van der Waals surface area contributed by atoms with Gasteiger partial charge in [0.25, 0.3) is 0 Å². The Hall–Kier alpha value is -0.960. The number of rotatable bonds is 6. The first-order chi connectivity index (χ1) is 7.61. The van der Waals surface area contributed by atoms with E-state index in [-0.39, 0.29) is 5.54 Å². The van der Waals surface area contributed by atoms with Crippen molar-refractivity contribution in [1.29, 1.82) is 0 Å². The highest BCUT2D eigenvalue weighted by molar-refractivity contribution is 5.30. The SMILES string of the molecule is CCCCCCC1(N)C=CC(N)=C(OC)C1. The lowest BCUT2D eigenvalue weighted by atomic mass is 9.85. The summed E-state index contributed by atoms with van der Waals surface area (Å²) < 4.78 is 5.25. The van der Waals surface area contributed by atoms with Crippen molar-refractivity contribution in [3.8, 4) is 0 Å². The second-order valence-corrected chi connectivity index (χ2v) is 4.64. The van der Waals surface area contributed by atoms with Gasteiger partial charge in [-0.15, -0.1) is 0 Å². The largest absolute Gasteiger partial charge is 0.499 e. The molecule has 0 aromatic carbocycles. The minimum absolute atomic E-state index is 0.262. The highest BCUT2D eigenvalue weighted by atomic mass is 16.5. The van der Waals surface area contributed by atoms with Gasteiger partial charge in [-0.3, -0.25) is 0 Å². The normalized spacial score (nSPS) is 24.9. The average Bonchev–Trinajstić information content (AvgIpc) is 2.28. The fourth-order valence-electron chi connectivity index (χ4n) is 2.05. The Morgan fingerprint density at radius 2 is 2.12 bits per heavy atom. The van der Waals surface area contributed by atoms with E-state index < -0.39 is 0 Å². The third kappa shape index (κ3) is 3.56. The van der Waals surface area contributed by atoms with Crippen LogP contribution in [-0.4, -0.2) is 12.6 Å². The molecule has 0 saturated heterocycles. The van der Waals surface area contributed by atoms with Gasteiger partial charge in [-0.1, -0.05) is 38.7 Å². The van der Waals surface area contributed by atoms with Crippen LogP contribution < -0.4 is 11.5 Å². The highest BCUT2D eigenvalue weighted by Gasteiger charge is 2.27. The van der Waals surface area contributed by atoms with Crippen molar-refractivity contribution in [2.45, 2.75) is 51.0 Å². The first-order valence-corrected chi connectivity index (χ1v) is 6.12. The fourth-order valence-corrected chi connectivity index (χ4v) is 2.05. The molecule has 0 saturated carbocycles. The van der Waals surface area contributed by atoms with Crippen LogP contribution in [0, 0.1) is 0 Å². The summed E-state index contributed by atoms with van der Waals surface area (Å²) in [5.41, 5.74) is 12.6. The van der Waals surface area contributed by atoms with Gasteiger partial charge in [-0.25, -0.2) is 0 Å². The summed E-state index contributed by atoms with van der Waals surface area (Å²) in [6.07, 6.45) is 10.6. The van der Waals surface area contributed by atoms with Gasteiger partial charge in [0.05, 0.1) is 12.8 Å². The quantitative estimate of drug-likeness (QED) is 0.681. The third-order valence-corrected chi connectivity index (χ3v) is 3.15. The molecule has 0 spiro atoms.